The van der Waals surface area contributed by atoms with E-state index in [1.165, 1.54) is 4.90 Å². The Hall–Kier alpha value is -2.86. The minimum Gasteiger partial charge on any atom is -0.508 e. The second-order valence-corrected chi connectivity index (χ2v) is 8.80. The highest BCUT2D eigenvalue weighted by Crippen LogP contribution is 2.40. The Morgan fingerprint density at radius 3 is 2.55 bits per heavy atom. The summed E-state index contributed by atoms with van der Waals surface area (Å²) in [5.41, 5.74) is 2.04. The molecule has 1 aliphatic heterocycles. The molecule has 0 bridgehead atoms. The number of aliphatic carboxylic acids is 1. The average Bonchev–Trinajstić information content (AvgIpc) is 2.74. The van der Waals surface area contributed by atoms with Crippen molar-refractivity contribution in [3.05, 3.63) is 65.7 Å². The lowest BCUT2D eigenvalue weighted by Crippen LogP contribution is -2.48. The first kappa shape index (κ1) is 22.8. The molecule has 6 heteroatoms. The molecule has 1 saturated heterocycles. The summed E-state index contributed by atoms with van der Waals surface area (Å²) in [6.45, 7) is 6.80. The van der Waals surface area contributed by atoms with Crippen LogP contribution in [0.15, 0.2) is 54.6 Å². The number of carbonyl (C=O) groups is 2. The number of likely N-dealkylation sites (tertiary alicyclic amines) is 1. The molecule has 1 amide bonds. The maximum atomic E-state index is 12.8. The number of piperidine rings is 1. The van der Waals surface area contributed by atoms with Gasteiger partial charge in [-0.3, -0.25) is 9.59 Å². The highest BCUT2D eigenvalue weighted by Gasteiger charge is 2.38. The molecule has 3 rings (SSSR count). The van der Waals surface area contributed by atoms with Crippen molar-refractivity contribution in [2.45, 2.75) is 38.6 Å². The molecule has 6 nitrogen and oxygen atoms in total. The molecule has 1 aliphatic rings. The van der Waals surface area contributed by atoms with Gasteiger partial charge >= 0.3 is 5.97 Å². The van der Waals surface area contributed by atoms with Crippen LogP contribution >= 0.6 is 0 Å². The van der Waals surface area contributed by atoms with Gasteiger partial charge in [0.15, 0.2) is 0 Å². The molecule has 166 valence electrons. The number of aromatic hydroxyl groups is 1. The number of hydrogen-bond acceptors (Lipinski definition) is 4. The third-order valence-corrected chi connectivity index (χ3v) is 6.61. The lowest BCUT2D eigenvalue weighted by atomic mass is 9.68. The van der Waals surface area contributed by atoms with E-state index in [9.17, 15) is 19.8 Å². The first-order chi connectivity index (χ1) is 14.8. The first-order valence-electron chi connectivity index (χ1n) is 10.8. The number of phenolic OH excluding ortho intramolecular Hbond substituents is 1. The van der Waals surface area contributed by atoms with Crippen LogP contribution in [0.1, 0.15) is 37.8 Å². The van der Waals surface area contributed by atoms with Crippen molar-refractivity contribution in [2.24, 2.45) is 5.92 Å². The zero-order valence-corrected chi connectivity index (χ0v) is 18.3. The summed E-state index contributed by atoms with van der Waals surface area (Å²) < 4.78 is 0. The summed E-state index contributed by atoms with van der Waals surface area (Å²) in [4.78, 5) is 27.8. The third-order valence-electron chi connectivity index (χ3n) is 6.61. The van der Waals surface area contributed by atoms with E-state index in [1.807, 2.05) is 42.5 Å². The molecule has 0 unspecified atom stereocenters. The van der Waals surface area contributed by atoms with Gasteiger partial charge in [0.1, 0.15) is 12.3 Å². The Kier molecular flexibility index (Phi) is 7.33. The van der Waals surface area contributed by atoms with E-state index in [0.717, 1.165) is 30.6 Å². The van der Waals surface area contributed by atoms with Crippen LogP contribution in [-0.4, -0.2) is 58.1 Å². The normalized spacial score (nSPS) is 21.5. The zero-order valence-electron chi connectivity index (χ0n) is 18.3. The van der Waals surface area contributed by atoms with E-state index in [0.29, 0.717) is 25.4 Å². The van der Waals surface area contributed by atoms with Gasteiger partial charge in [-0.2, -0.15) is 0 Å². The van der Waals surface area contributed by atoms with Crippen LogP contribution in [0.3, 0.4) is 0 Å². The number of hydrogen-bond donors (Lipinski definition) is 2. The molecule has 2 aromatic carbocycles. The molecule has 0 aromatic heterocycles. The van der Waals surface area contributed by atoms with Crippen LogP contribution in [0.5, 0.6) is 5.75 Å². The Morgan fingerprint density at radius 2 is 1.90 bits per heavy atom. The van der Waals surface area contributed by atoms with Gasteiger partial charge in [0.05, 0.1) is 0 Å². The summed E-state index contributed by atoms with van der Waals surface area (Å²) >= 11 is 0. The number of benzene rings is 2. The van der Waals surface area contributed by atoms with Gasteiger partial charge in [-0.05, 0) is 47.6 Å². The molecular weight excluding hydrogens is 392 g/mol. The highest BCUT2D eigenvalue weighted by molar-refractivity contribution is 5.81. The van der Waals surface area contributed by atoms with Gasteiger partial charge in [0, 0.05) is 26.1 Å². The fourth-order valence-corrected chi connectivity index (χ4v) is 4.42. The van der Waals surface area contributed by atoms with E-state index in [-0.39, 0.29) is 23.6 Å². The first-order valence-corrected chi connectivity index (χ1v) is 10.8. The number of rotatable bonds is 8. The monoisotopic (exact) mass is 424 g/mol. The molecule has 0 saturated carbocycles. The largest absolute Gasteiger partial charge is 0.508 e. The van der Waals surface area contributed by atoms with Crippen molar-refractivity contribution in [1.29, 1.82) is 0 Å². The Labute approximate surface area is 184 Å². The fourth-order valence-electron chi connectivity index (χ4n) is 4.42. The van der Waals surface area contributed by atoms with Gasteiger partial charge in [-0.1, -0.05) is 56.3 Å². The summed E-state index contributed by atoms with van der Waals surface area (Å²) in [5, 5.41) is 19.1. The summed E-state index contributed by atoms with van der Waals surface area (Å²) in [5.74, 6) is -0.494. The van der Waals surface area contributed by atoms with Crippen LogP contribution in [0.4, 0.5) is 0 Å². The van der Waals surface area contributed by atoms with E-state index in [1.54, 1.807) is 6.07 Å². The fraction of sp³-hybridized carbons (Fsp3) is 0.440. The maximum Gasteiger partial charge on any atom is 0.323 e. The van der Waals surface area contributed by atoms with E-state index in [4.69, 9.17) is 0 Å². The van der Waals surface area contributed by atoms with Crippen molar-refractivity contribution in [3.8, 4) is 5.75 Å². The number of phenols is 1. The Morgan fingerprint density at radius 1 is 1.16 bits per heavy atom. The van der Waals surface area contributed by atoms with Crippen LogP contribution in [-0.2, 0) is 21.5 Å². The van der Waals surface area contributed by atoms with E-state index < -0.39 is 5.97 Å². The second kappa shape index (κ2) is 9.96. The van der Waals surface area contributed by atoms with Crippen LogP contribution in [0, 0.1) is 5.92 Å². The Balaban J connectivity index is 1.57. The van der Waals surface area contributed by atoms with E-state index in [2.05, 4.69) is 24.8 Å². The molecule has 1 heterocycles. The molecule has 1 fully saturated rings. The standard InChI is InChI=1S/C25H32N2O4/c1-19-16-26(14-12-25(19,2)21-9-6-10-22(28)15-21)13-11-23(29)27(18-24(30)31)17-20-7-4-3-5-8-20/h3-10,15,19,28H,11-14,16-18H2,1-2H3,(H,30,31)/t19-,25+/m0/s1. The van der Waals surface area contributed by atoms with E-state index >= 15 is 0 Å². The van der Waals surface area contributed by atoms with Crippen molar-refractivity contribution in [1.82, 2.24) is 9.80 Å². The molecule has 0 aliphatic carbocycles. The molecular formula is C25H32N2O4. The van der Waals surface area contributed by atoms with Gasteiger partial charge in [-0.25, -0.2) is 0 Å². The van der Waals surface area contributed by atoms with Crippen molar-refractivity contribution < 1.29 is 19.8 Å². The maximum absolute atomic E-state index is 12.8. The van der Waals surface area contributed by atoms with Crippen LogP contribution in [0.2, 0.25) is 0 Å². The quantitative estimate of drug-likeness (QED) is 0.678. The number of carboxylic acids is 1. The number of carboxylic acid groups (broad SMARTS) is 1. The van der Waals surface area contributed by atoms with Crippen molar-refractivity contribution in [3.63, 3.8) is 0 Å². The SMILES string of the molecule is C[C@H]1CN(CCC(=O)N(CC(=O)O)Cc2ccccc2)CC[C@@]1(C)c1cccc(O)c1. The van der Waals surface area contributed by atoms with Gasteiger partial charge < -0.3 is 20.0 Å². The predicted octanol–water partition coefficient (Wildman–Crippen LogP) is 3.50. The molecule has 0 spiro atoms. The van der Waals surface area contributed by atoms with Gasteiger partial charge in [0.25, 0.3) is 0 Å². The van der Waals surface area contributed by atoms with Crippen molar-refractivity contribution >= 4 is 11.9 Å². The number of amides is 1. The smallest absolute Gasteiger partial charge is 0.323 e. The highest BCUT2D eigenvalue weighted by atomic mass is 16.4. The van der Waals surface area contributed by atoms with Gasteiger partial charge in [-0.15, -0.1) is 0 Å². The predicted molar refractivity (Wildman–Crippen MR) is 120 cm³/mol. The van der Waals surface area contributed by atoms with Gasteiger partial charge in [0.2, 0.25) is 5.91 Å². The molecule has 2 atom stereocenters. The van der Waals surface area contributed by atoms with Crippen molar-refractivity contribution in [2.75, 3.05) is 26.2 Å². The summed E-state index contributed by atoms with van der Waals surface area (Å²) in [6, 6.07) is 17.0. The summed E-state index contributed by atoms with van der Waals surface area (Å²) in [6.07, 6.45) is 1.24. The Bertz CT molecular complexity index is 901. The molecule has 2 aromatic rings. The molecule has 0 radical (unpaired) electrons. The minimum atomic E-state index is -1.00. The topological polar surface area (TPSA) is 81.1 Å². The molecule has 31 heavy (non-hydrogen) atoms. The lowest BCUT2D eigenvalue weighted by molar-refractivity contribution is -0.145. The molecule has 2 N–H and O–H groups in total. The lowest BCUT2D eigenvalue weighted by Gasteiger charge is -2.45. The zero-order chi connectivity index (χ0) is 22.4. The average molecular weight is 425 g/mol. The third kappa shape index (κ3) is 5.85. The number of carbonyl (C=O) groups excluding carboxylic acids is 1. The second-order valence-electron chi connectivity index (χ2n) is 8.80. The minimum absolute atomic E-state index is 0.0259. The summed E-state index contributed by atoms with van der Waals surface area (Å²) in [7, 11) is 0. The van der Waals surface area contributed by atoms with Crippen LogP contribution in [0.25, 0.3) is 0 Å². The van der Waals surface area contributed by atoms with Crippen LogP contribution < -0.4 is 0 Å². The number of nitrogens with zero attached hydrogens (tertiary/aromatic N) is 2.